The number of alkyl halides is 3. The Morgan fingerprint density at radius 1 is 1.11 bits per heavy atom. The average molecular weight is 550 g/mol. The first-order valence-corrected chi connectivity index (χ1v) is 13.8. The van der Waals surface area contributed by atoms with Crippen LogP contribution < -0.4 is 9.04 Å². The Balaban J connectivity index is 1.98. The monoisotopic (exact) mass is 549 g/mol. The Kier molecular flexibility index (Phi) is 9.43. The van der Waals surface area contributed by atoms with Crippen molar-refractivity contribution in [3.8, 4) is 5.75 Å². The molecule has 2 aromatic carbocycles. The second-order valence-corrected chi connectivity index (χ2v) is 10.8. The van der Waals surface area contributed by atoms with Crippen molar-refractivity contribution < 1.29 is 36.2 Å². The molecule has 1 N–H and O–H groups in total. The molecular weight excluding hydrogens is 519 g/mol. The van der Waals surface area contributed by atoms with Gasteiger partial charge in [0.1, 0.15) is 5.75 Å². The van der Waals surface area contributed by atoms with E-state index in [1.165, 1.54) is 16.5 Å². The zero-order chi connectivity index (χ0) is 27.9. The summed E-state index contributed by atoms with van der Waals surface area (Å²) >= 11 is 0. The Labute approximate surface area is 220 Å². The minimum absolute atomic E-state index is 0.0229. The molecule has 1 aliphatic rings. The van der Waals surface area contributed by atoms with E-state index in [-0.39, 0.29) is 18.7 Å². The van der Waals surface area contributed by atoms with Crippen molar-refractivity contribution in [3.05, 3.63) is 89.0 Å². The van der Waals surface area contributed by atoms with Gasteiger partial charge in [0.15, 0.2) is 6.61 Å². The summed E-state index contributed by atoms with van der Waals surface area (Å²) in [4.78, 5) is 10.9. The number of hydrogen-bond acceptors (Lipinski definition) is 4. The zero-order valence-electron chi connectivity index (χ0n) is 21.2. The molecule has 0 aromatic heterocycles. The third-order valence-corrected chi connectivity index (χ3v) is 7.85. The summed E-state index contributed by atoms with van der Waals surface area (Å²) in [7, 11) is -3.73. The molecule has 0 amide bonds. The highest BCUT2D eigenvalue weighted by Gasteiger charge is 2.31. The molecule has 0 unspecified atom stereocenters. The Hall–Kier alpha value is -3.53. The summed E-state index contributed by atoms with van der Waals surface area (Å²) in [5.41, 5.74) is 2.32. The fourth-order valence-electron chi connectivity index (χ4n) is 4.06. The van der Waals surface area contributed by atoms with Gasteiger partial charge >= 0.3 is 12.1 Å². The van der Waals surface area contributed by atoms with Crippen molar-refractivity contribution in [2.24, 2.45) is 0 Å². The third kappa shape index (κ3) is 7.50. The maximum atomic E-state index is 13.3. The number of anilines is 1. The molecule has 0 radical (unpaired) electrons. The first-order valence-electron chi connectivity index (χ1n) is 12.2. The van der Waals surface area contributed by atoms with Gasteiger partial charge in [0.25, 0.3) is 0 Å². The van der Waals surface area contributed by atoms with E-state index in [2.05, 4.69) is 0 Å². The smallest absolute Gasteiger partial charge is 0.416 e. The standard InChI is InChI=1S/C28H30F3NO5S/c1-3-15-38(35,36)32(18-20-11-14-26(21(4-2)16-20)37-19-27(33)34)25-10-6-8-23(17-25)22-7-5-9-24(13-12-22)28(29,30)31/h5-6,8-14,16-17H,3-4,7,15,18-19H2,1-2H3,(H,33,34). The lowest BCUT2D eigenvalue weighted by Crippen LogP contribution is -2.32. The van der Waals surface area contributed by atoms with Crippen LogP contribution in [0.2, 0.25) is 0 Å². The van der Waals surface area contributed by atoms with E-state index in [0.717, 1.165) is 17.7 Å². The minimum Gasteiger partial charge on any atom is -0.482 e. The number of hydrogen-bond donors (Lipinski definition) is 1. The third-order valence-electron chi connectivity index (χ3n) is 5.91. The molecule has 0 spiro atoms. The topological polar surface area (TPSA) is 83.9 Å². The van der Waals surface area contributed by atoms with Gasteiger partial charge in [-0.2, -0.15) is 13.2 Å². The lowest BCUT2D eigenvalue weighted by Gasteiger charge is -2.26. The number of carboxylic acids is 1. The van der Waals surface area contributed by atoms with Crippen LogP contribution in [-0.4, -0.2) is 38.0 Å². The van der Waals surface area contributed by atoms with Crippen LogP contribution in [0.15, 0.2) is 72.3 Å². The normalized spacial score (nSPS) is 13.9. The number of benzene rings is 2. The number of rotatable bonds is 11. The molecule has 0 saturated heterocycles. The molecule has 3 rings (SSSR count). The quantitative estimate of drug-likeness (QED) is 0.356. The van der Waals surface area contributed by atoms with Crippen LogP contribution in [0, 0.1) is 0 Å². The molecule has 38 heavy (non-hydrogen) atoms. The average Bonchev–Trinajstić information content (AvgIpc) is 3.13. The van der Waals surface area contributed by atoms with Crippen molar-refractivity contribution in [2.45, 2.75) is 45.8 Å². The molecule has 0 saturated carbocycles. The number of carboxylic acid groups (broad SMARTS) is 1. The first kappa shape index (κ1) is 29.0. The number of ether oxygens (including phenoxy) is 1. The molecule has 0 atom stereocenters. The number of sulfonamides is 1. The van der Waals surface area contributed by atoms with E-state index >= 15 is 0 Å². The molecule has 0 bridgehead atoms. The zero-order valence-corrected chi connectivity index (χ0v) is 22.0. The first-order chi connectivity index (χ1) is 17.9. The summed E-state index contributed by atoms with van der Waals surface area (Å²) < 4.78 is 72.7. The molecular formula is C28H30F3NO5S. The number of aliphatic carboxylic acids is 1. The van der Waals surface area contributed by atoms with Gasteiger partial charge in [-0.25, -0.2) is 13.2 Å². The molecule has 10 heteroatoms. The van der Waals surface area contributed by atoms with E-state index < -0.39 is 34.3 Å². The summed E-state index contributed by atoms with van der Waals surface area (Å²) in [6.45, 7) is 3.19. The Morgan fingerprint density at radius 3 is 2.53 bits per heavy atom. The Bertz CT molecular complexity index is 1360. The van der Waals surface area contributed by atoms with Gasteiger partial charge in [-0.05, 0) is 65.8 Å². The summed E-state index contributed by atoms with van der Waals surface area (Å²) in [5, 5.41) is 8.90. The second kappa shape index (κ2) is 12.3. The highest BCUT2D eigenvalue weighted by molar-refractivity contribution is 7.92. The number of aryl methyl sites for hydroxylation is 1. The number of halogens is 3. The van der Waals surface area contributed by atoms with E-state index in [9.17, 15) is 26.4 Å². The molecule has 1 aliphatic carbocycles. The SMILES string of the molecule is CCCS(=O)(=O)N(Cc1ccc(OCC(=O)O)c(CC)c1)c1cccc(C2=CC=C(C(F)(F)F)C=CC2)c1. The fraction of sp³-hybridized carbons (Fsp3) is 0.321. The largest absolute Gasteiger partial charge is 0.482 e. The fourth-order valence-corrected chi connectivity index (χ4v) is 5.58. The van der Waals surface area contributed by atoms with Crippen molar-refractivity contribution in [1.82, 2.24) is 0 Å². The van der Waals surface area contributed by atoms with Crippen LogP contribution in [0.3, 0.4) is 0 Å². The molecule has 0 heterocycles. The van der Waals surface area contributed by atoms with Crippen LogP contribution in [-0.2, 0) is 27.8 Å². The molecule has 204 valence electrons. The Morgan fingerprint density at radius 2 is 1.87 bits per heavy atom. The lowest BCUT2D eigenvalue weighted by molar-refractivity contribution is -0.139. The van der Waals surface area contributed by atoms with E-state index in [4.69, 9.17) is 9.84 Å². The van der Waals surface area contributed by atoms with Crippen molar-refractivity contribution in [2.75, 3.05) is 16.7 Å². The molecule has 0 fully saturated rings. The molecule has 6 nitrogen and oxygen atoms in total. The number of carbonyl (C=O) groups is 1. The van der Waals surface area contributed by atoms with Crippen LogP contribution in [0.1, 0.15) is 43.4 Å². The predicted molar refractivity (Wildman–Crippen MR) is 142 cm³/mol. The van der Waals surface area contributed by atoms with Crippen LogP contribution in [0.25, 0.3) is 5.57 Å². The summed E-state index contributed by atoms with van der Waals surface area (Å²) in [6, 6.07) is 11.9. The van der Waals surface area contributed by atoms with Gasteiger partial charge in [0, 0.05) is 0 Å². The highest BCUT2D eigenvalue weighted by Crippen LogP contribution is 2.33. The van der Waals surface area contributed by atoms with Gasteiger partial charge in [-0.1, -0.05) is 56.3 Å². The van der Waals surface area contributed by atoms with E-state index in [1.54, 1.807) is 49.4 Å². The highest BCUT2D eigenvalue weighted by atomic mass is 32.2. The van der Waals surface area contributed by atoms with Gasteiger partial charge in [0.2, 0.25) is 10.0 Å². The van der Waals surface area contributed by atoms with Crippen LogP contribution >= 0.6 is 0 Å². The maximum absolute atomic E-state index is 13.3. The summed E-state index contributed by atoms with van der Waals surface area (Å²) in [6.07, 6.45) is 1.68. The van der Waals surface area contributed by atoms with Gasteiger partial charge < -0.3 is 9.84 Å². The van der Waals surface area contributed by atoms with Gasteiger partial charge in [-0.15, -0.1) is 0 Å². The lowest BCUT2D eigenvalue weighted by atomic mass is 10.0. The van der Waals surface area contributed by atoms with Crippen molar-refractivity contribution >= 4 is 27.3 Å². The number of nitrogens with zero attached hydrogens (tertiary/aromatic N) is 1. The molecule has 0 aliphatic heterocycles. The second-order valence-electron chi connectivity index (χ2n) is 8.77. The maximum Gasteiger partial charge on any atom is 0.416 e. The van der Waals surface area contributed by atoms with E-state index in [1.807, 2.05) is 6.92 Å². The van der Waals surface area contributed by atoms with E-state index in [0.29, 0.717) is 41.0 Å². The van der Waals surface area contributed by atoms with Crippen LogP contribution in [0.5, 0.6) is 5.75 Å². The molecule has 2 aromatic rings. The van der Waals surface area contributed by atoms with Gasteiger partial charge in [-0.3, -0.25) is 4.31 Å². The summed E-state index contributed by atoms with van der Waals surface area (Å²) in [5.74, 6) is -0.763. The number of allylic oxidation sites excluding steroid dienone is 6. The van der Waals surface area contributed by atoms with Crippen LogP contribution in [0.4, 0.5) is 18.9 Å². The van der Waals surface area contributed by atoms with Crippen molar-refractivity contribution in [1.29, 1.82) is 0 Å². The predicted octanol–water partition coefficient (Wildman–Crippen LogP) is 6.29. The minimum atomic E-state index is -4.46. The van der Waals surface area contributed by atoms with Crippen molar-refractivity contribution in [3.63, 3.8) is 0 Å². The van der Waals surface area contributed by atoms with Gasteiger partial charge in [0.05, 0.1) is 23.6 Å².